The predicted octanol–water partition coefficient (Wildman–Crippen LogP) is 4.54. The molecule has 0 aromatic heterocycles. The Bertz CT molecular complexity index is 1180. The molecule has 7 nitrogen and oxygen atoms in total. The number of nitrogens with zero attached hydrogens (tertiary/aromatic N) is 2. The summed E-state index contributed by atoms with van der Waals surface area (Å²) >= 11 is 12.3. The van der Waals surface area contributed by atoms with Crippen LogP contribution in [-0.4, -0.2) is 50.0 Å². The second-order valence-corrected chi connectivity index (χ2v) is 11.7. The molecule has 2 aromatic carbocycles. The molecule has 1 saturated carbocycles. The van der Waals surface area contributed by atoms with Gasteiger partial charge in [-0.15, -0.1) is 0 Å². The topological polar surface area (TPSA) is 86.8 Å². The minimum Gasteiger partial charge on any atom is -0.352 e. The van der Waals surface area contributed by atoms with Gasteiger partial charge in [0.15, 0.2) is 0 Å². The Balaban J connectivity index is 1.92. The summed E-state index contributed by atoms with van der Waals surface area (Å²) in [4.78, 5) is 28.1. The summed E-state index contributed by atoms with van der Waals surface area (Å²) in [5.74, 6) is -0.783. The Labute approximate surface area is 217 Å². The van der Waals surface area contributed by atoms with Crippen molar-refractivity contribution in [3.05, 3.63) is 63.6 Å². The van der Waals surface area contributed by atoms with E-state index in [4.69, 9.17) is 23.2 Å². The fourth-order valence-corrected chi connectivity index (χ4v) is 5.51. The van der Waals surface area contributed by atoms with Crippen LogP contribution in [0.1, 0.15) is 43.7 Å². The van der Waals surface area contributed by atoms with E-state index in [-0.39, 0.29) is 34.2 Å². The molecule has 10 heteroatoms. The molecule has 2 amide bonds. The average molecular weight is 541 g/mol. The van der Waals surface area contributed by atoms with Crippen LogP contribution in [0.4, 0.5) is 5.69 Å². The number of nitrogens with one attached hydrogen (secondary N) is 1. The van der Waals surface area contributed by atoms with Crippen LogP contribution in [0.25, 0.3) is 0 Å². The smallest absolute Gasteiger partial charge is 0.244 e. The molecule has 1 N–H and O–H groups in total. The Kier molecular flexibility index (Phi) is 9.07. The Morgan fingerprint density at radius 3 is 2.40 bits per heavy atom. The standard InChI is InChI=1S/C25H31Cl2N3O4S/c1-17-8-4-5-9-19(17)15-29(18(2)25(32)28-21-10-6-7-11-21)24(31)16-30(35(3,33)34)23-14-20(26)12-13-22(23)27/h4-5,8-9,12-14,18,21H,6-7,10-11,15-16H2,1-3H3,(H,28,32)/t18-/m0/s1. The van der Waals surface area contributed by atoms with E-state index >= 15 is 0 Å². The average Bonchev–Trinajstić information content (AvgIpc) is 3.30. The number of hydrogen-bond acceptors (Lipinski definition) is 4. The summed E-state index contributed by atoms with van der Waals surface area (Å²) in [6.07, 6.45) is 4.96. The third-order valence-electron chi connectivity index (χ3n) is 6.33. The lowest BCUT2D eigenvalue weighted by atomic mass is 10.1. The van der Waals surface area contributed by atoms with Gasteiger partial charge in [-0.3, -0.25) is 13.9 Å². The highest BCUT2D eigenvalue weighted by Crippen LogP contribution is 2.31. The van der Waals surface area contributed by atoms with Crippen molar-refractivity contribution in [2.75, 3.05) is 17.1 Å². The largest absolute Gasteiger partial charge is 0.352 e. The van der Waals surface area contributed by atoms with Crippen molar-refractivity contribution in [3.8, 4) is 0 Å². The van der Waals surface area contributed by atoms with Crippen LogP contribution in [0.3, 0.4) is 0 Å². The first-order valence-corrected chi connectivity index (χ1v) is 14.1. The van der Waals surface area contributed by atoms with Crippen LogP contribution >= 0.6 is 23.2 Å². The molecule has 1 aliphatic rings. The van der Waals surface area contributed by atoms with E-state index in [0.29, 0.717) is 0 Å². The molecule has 190 valence electrons. The number of benzene rings is 2. The lowest BCUT2D eigenvalue weighted by molar-refractivity contribution is -0.139. The number of carbonyl (C=O) groups excluding carboxylic acids is 2. The van der Waals surface area contributed by atoms with Crippen molar-refractivity contribution in [2.24, 2.45) is 0 Å². The van der Waals surface area contributed by atoms with E-state index in [1.165, 1.54) is 23.1 Å². The van der Waals surface area contributed by atoms with Crippen LogP contribution in [0.15, 0.2) is 42.5 Å². The summed E-state index contributed by atoms with van der Waals surface area (Å²) in [6.45, 7) is 3.23. The van der Waals surface area contributed by atoms with Crippen molar-refractivity contribution in [3.63, 3.8) is 0 Å². The van der Waals surface area contributed by atoms with E-state index in [9.17, 15) is 18.0 Å². The van der Waals surface area contributed by atoms with Crippen molar-refractivity contribution in [2.45, 2.75) is 58.2 Å². The lowest BCUT2D eigenvalue weighted by Crippen LogP contribution is -2.52. The zero-order chi connectivity index (χ0) is 25.8. The van der Waals surface area contributed by atoms with E-state index in [2.05, 4.69) is 5.32 Å². The molecular formula is C25H31Cl2N3O4S. The SMILES string of the molecule is Cc1ccccc1CN(C(=O)CN(c1cc(Cl)ccc1Cl)S(C)(=O)=O)[C@@H](C)C(=O)NC1CCCC1. The molecule has 0 heterocycles. The van der Waals surface area contributed by atoms with Crippen molar-refractivity contribution < 1.29 is 18.0 Å². The summed E-state index contributed by atoms with van der Waals surface area (Å²) in [7, 11) is -3.89. The monoisotopic (exact) mass is 539 g/mol. The number of carbonyl (C=O) groups is 2. The molecule has 1 fully saturated rings. The first kappa shape index (κ1) is 27.3. The van der Waals surface area contributed by atoms with Crippen molar-refractivity contribution in [1.82, 2.24) is 10.2 Å². The van der Waals surface area contributed by atoms with Crippen LogP contribution in [0.2, 0.25) is 10.0 Å². The summed E-state index contributed by atoms with van der Waals surface area (Å²) in [5.41, 5.74) is 1.94. The van der Waals surface area contributed by atoms with Gasteiger partial charge in [-0.25, -0.2) is 8.42 Å². The maximum absolute atomic E-state index is 13.6. The summed E-state index contributed by atoms with van der Waals surface area (Å²) < 4.78 is 26.3. The Morgan fingerprint density at radius 2 is 1.77 bits per heavy atom. The van der Waals surface area contributed by atoms with E-state index in [1.54, 1.807) is 6.92 Å². The fraction of sp³-hybridized carbons (Fsp3) is 0.440. The number of aryl methyl sites for hydroxylation is 1. The number of halogens is 2. The normalized spacial score (nSPS) is 15.0. The quantitative estimate of drug-likeness (QED) is 0.506. The molecule has 0 aliphatic heterocycles. The van der Waals surface area contributed by atoms with Gasteiger partial charge in [0.2, 0.25) is 21.8 Å². The summed E-state index contributed by atoms with van der Waals surface area (Å²) in [6, 6.07) is 11.3. The highest BCUT2D eigenvalue weighted by Gasteiger charge is 2.32. The fourth-order valence-electron chi connectivity index (χ4n) is 4.22. The molecule has 0 spiro atoms. The van der Waals surface area contributed by atoms with Gasteiger partial charge in [-0.2, -0.15) is 0 Å². The third kappa shape index (κ3) is 7.12. The van der Waals surface area contributed by atoms with Gasteiger partial charge in [-0.05, 0) is 56.0 Å². The van der Waals surface area contributed by atoms with Crippen LogP contribution in [0.5, 0.6) is 0 Å². The Hall–Kier alpha value is -2.29. The van der Waals surface area contributed by atoms with Gasteiger partial charge in [-0.1, -0.05) is 60.3 Å². The lowest BCUT2D eigenvalue weighted by Gasteiger charge is -2.32. The summed E-state index contributed by atoms with van der Waals surface area (Å²) in [5, 5.41) is 3.47. The number of anilines is 1. The first-order valence-electron chi connectivity index (χ1n) is 11.5. The second kappa shape index (κ2) is 11.6. The molecule has 2 aromatic rings. The highest BCUT2D eigenvalue weighted by atomic mass is 35.5. The van der Waals surface area contributed by atoms with Gasteiger partial charge < -0.3 is 10.2 Å². The van der Waals surface area contributed by atoms with Crippen LogP contribution in [0, 0.1) is 6.92 Å². The van der Waals surface area contributed by atoms with Gasteiger partial charge in [0, 0.05) is 17.6 Å². The number of sulfonamides is 1. The zero-order valence-electron chi connectivity index (χ0n) is 20.1. The first-order chi connectivity index (χ1) is 16.5. The van der Waals surface area contributed by atoms with Gasteiger partial charge in [0.05, 0.1) is 17.0 Å². The minimum atomic E-state index is -3.89. The van der Waals surface area contributed by atoms with Crippen molar-refractivity contribution >= 4 is 50.7 Å². The molecule has 1 aliphatic carbocycles. The number of amides is 2. The number of hydrogen-bond donors (Lipinski definition) is 1. The van der Waals surface area contributed by atoms with Gasteiger partial charge in [0.1, 0.15) is 12.6 Å². The molecular weight excluding hydrogens is 509 g/mol. The maximum atomic E-state index is 13.6. The van der Waals surface area contributed by atoms with Crippen LogP contribution < -0.4 is 9.62 Å². The van der Waals surface area contributed by atoms with Crippen LogP contribution in [-0.2, 0) is 26.2 Å². The highest BCUT2D eigenvalue weighted by molar-refractivity contribution is 7.92. The molecule has 0 unspecified atom stereocenters. The molecule has 0 radical (unpaired) electrons. The van der Waals surface area contributed by atoms with Gasteiger partial charge in [0.25, 0.3) is 0 Å². The molecule has 0 bridgehead atoms. The number of rotatable bonds is 9. The van der Waals surface area contributed by atoms with E-state index in [1.807, 2.05) is 31.2 Å². The molecule has 0 saturated heterocycles. The van der Waals surface area contributed by atoms with Gasteiger partial charge >= 0.3 is 0 Å². The zero-order valence-corrected chi connectivity index (χ0v) is 22.5. The van der Waals surface area contributed by atoms with E-state index in [0.717, 1.165) is 47.4 Å². The van der Waals surface area contributed by atoms with E-state index < -0.39 is 28.5 Å². The molecule has 3 rings (SSSR count). The third-order valence-corrected chi connectivity index (χ3v) is 8.01. The maximum Gasteiger partial charge on any atom is 0.244 e. The molecule has 1 atom stereocenters. The molecule has 35 heavy (non-hydrogen) atoms. The van der Waals surface area contributed by atoms with Crippen molar-refractivity contribution in [1.29, 1.82) is 0 Å². The predicted molar refractivity (Wildman–Crippen MR) is 140 cm³/mol. The minimum absolute atomic E-state index is 0.0955. The Morgan fingerprint density at radius 1 is 1.11 bits per heavy atom. The second-order valence-electron chi connectivity index (χ2n) is 8.98.